The molecule has 1 N–H and O–H groups in total. The van der Waals surface area contributed by atoms with Gasteiger partial charge < -0.3 is 10.1 Å². The largest absolute Gasteiger partial charge is 0.379 e. The summed E-state index contributed by atoms with van der Waals surface area (Å²) in [7, 11) is 0. The summed E-state index contributed by atoms with van der Waals surface area (Å²) in [6, 6.07) is 0.830. The topological polar surface area (TPSA) is 31.0 Å². The fraction of sp³-hybridized carbons (Fsp3) is 1.00. The zero-order valence-electron chi connectivity index (χ0n) is 11.3. The molecule has 3 heterocycles. The molecule has 0 radical (unpaired) electrons. The van der Waals surface area contributed by atoms with E-state index in [0.29, 0.717) is 0 Å². The van der Waals surface area contributed by atoms with Crippen molar-refractivity contribution in [1.82, 2.24) is 20.0 Å². The van der Waals surface area contributed by atoms with E-state index in [1.165, 1.54) is 52.4 Å². The molecule has 18 heavy (non-hydrogen) atoms. The second-order valence-corrected chi connectivity index (χ2v) is 5.65. The Morgan fingerprint density at radius 1 is 0.889 bits per heavy atom. The van der Waals surface area contributed by atoms with Crippen LogP contribution in [-0.4, -0.2) is 99.4 Å². The molecule has 3 aliphatic heterocycles. The SMILES string of the molecule is C1CN(C2CN(CCN3CCOCC3)C2)CCN1. The van der Waals surface area contributed by atoms with E-state index in [1.54, 1.807) is 0 Å². The van der Waals surface area contributed by atoms with Crippen molar-refractivity contribution < 1.29 is 4.74 Å². The van der Waals surface area contributed by atoms with Crippen LogP contribution in [0.3, 0.4) is 0 Å². The van der Waals surface area contributed by atoms with Crippen LogP contribution in [0.1, 0.15) is 0 Å². The first kappa shape index (κ1) is 12.8. The molecule has 0 aromatic rings. The van der Waals surface area contributed by atoms with E-state index >= 15 is 0 Å². The first-order valence-corrected chi connectivity index (χ1v) is 7.39. The predicted molar refractivity (Wildman–Crippen MR) is 71.9 cm³/mol. The Kier molecular flexibility index (Phi) is 4.49. The Morgan fingerprint density at radius 2 is 1.56 bits per heavy atom. The molecule has 3 aliphatic rings. The molecule has 0 aromatic heterocycles. The monoisotopic (exact) mass is 254 g/mol. The van der Waals surface area contributed by atoms with E-state index in [4.69, 9.17) is 4.74 Å². The number of morpholine rings is 1. The van der Waals surface area contributed by atoms with Crippen LogP contribution >= 0.6 is 0 Å². The third-order valence-electron chi connectivity index (χ3n) is 4.44. The van der Waals surface area contributed by atoms with E-state index in [9.17, 15) is 0 Å². The van der Waals surface area contributed by atoms with Crippen LogP contribution in [-0.2, 0) is 4.74 Å². The first-order chi connectivity index (χ1) is 8.92. The molecule has 0 bridgehead atoms. The average molecular weight is 254 g/mol. The maximum absolute atomic E-state index is 5.38. The zero-order chi connectivity index (χ0) is 12.2. The summed E-state index contributed by atoms with van der Waals surface area (Å²) in [5.41, 5.74) is 0. The molecule has 3 rings (SSSR count). The predicted octanol–water partition coefficient (Wildman–Crippen LogP) is -1.09. The minimum absolute atomic E-state index is 0.830. The lowest BCUT2D eigenvalue weighted by Gasteiger charge is -2.47. The van der Waals surface area contributed by atoms with E-state index in [1.807, 2.05) is 0 Å². The van der Waals surface area contributed by atoms with Crippen LogP contribution in [0.15, 0.2) is 0 Å². The van der Waals surface area contributed by atoms with Crippen LogP contribution < -0.4 is 5.32 Å². The number of nitrogens with zero attached hydrogens (tertiary/aromatic N) is 3. The normalized spacial score (nSPS) is 29.3. The van der Waals surface area contributed by atoms with Crippen molar-refractivity contribution in [2.45, 2.75) is 6.04 Å². The lowest BCUT2D eigenvalue weighted by atomic mass is 10.1. The molecule has 0 unspecified atom stereocenters. The van der Waals surface area contributed by atoms with Crippen LogP contribution in [0, 0.1) is 0 Å². The molecule has 0 aliphatic carbocycles. The van der Waals surface area contributed by atoms with Crippen molar-refractivity contribution in [3.8, 4) is 0 Å². The van der Waals surface area contributed by atoms with Gasteiger partial charge in [-0.1, -0.05) is 0 Å². The Bertz CT molecular complexity index is 243. The van der Waals surface area contributed by atoms with Crippen LogP contribution in [0.4, 0.5) is 0 Å². The zero-order valence-corrected chi connectivity index (χ0v) is 11.3. The molecule has 3 fully saturated rings. The van der Waals surface area contributed by atoms with Crippen molar-refractivity contribution in [2.75, 3.05) is 78.7 Å². The lowest BCUT2D eigenvalue weighted by Crippen LogP contribution is -2.63. The van der Waals surface area contributed by atoms with Crippen molar-refractivity contribution in [1.29, 1.82) is 0 Å². The number of nitrogens with one attached hydrogen (secondary N) is 1. The number of likely N-dealkylation sites (tertiary alicyclic amines) is 1. The van der Waals surface area contributed by atoms with Crippen LogP contribution in [0.2, 0.25) is 0 Å². The van der Waals surface area contributed by atoms with Gasteiger partial charge in [0.15, 0.2) is 0 Å². The molecule has 5 nitrogen and oxygen atoms in total. The molecule has 0 saturated carbocycles. The van der Waals surface area contributed by atoms with Gasteiger partial charge in [0.05, 0.1) is 13.2 Å². The molecule has 0 aromatic carbocycles. The Labute approximate surface area is 110 Å². The highest BCUT2D eigenvalue weighted by Gasteiger charge is 2.31. The molecule has 3 saturated heterocycles. The van der Waals surface area contributed by atoms with Crippen LogP contribution in [0.5, 0.6) is 0 Å². The number of ether oxygens (including phenoxy) is 1. The maximum atomic E-state index is 5.38. The lowest BCUT2D eigenvalue weighted by molar-refractivity contribution is 0.00414. The Morgan fingerprint density at radius 3 is 2.28 bits per heavy atom. The van der Waals surface area contributed by atoms with Gasteiger partial charge in [-0.3, -0.25) is 14.7 Å². The molecular formula is C13H26N4O. The molecule has 0 spiro atoms. The third kappa shape index (κ3) is 3.22. The summed E-state index contributed by atoms with van der Waals surface area (Å²) in [5.74, 6) is 0. The fourth-order valence-electron chi connectivity index (χ4n) is 3.11. The van der Waals surface area contributed by atoms with Crippen LogP contribution in [0.25, 0.3) is 0 Å². The van der Waals surface area contributed by atoms with Gasteiger partial charge in [0.25, 0.3) is 0 Å². The summed E-state index contributed by atoms with van der Waals surface area (Å²) in [6.45, 7) is 13.9. The number of hydrogen-bond acceptors (Lipinski definition) is 5. The Balaban J connectivity index is 1.30. The molecular weight excluding hydrogens is 228 g/mol. The van der Waals surface area contributed by atoms with Gasteiger partial charge in [-0.2, -0.15) is 0 Å². The van der Waals surface area contributed by atoms with E-state index in [0.717, 1.165) is 32.3 Å². The van der Waals surface area contributed by atoms with Crippen molar-refractivity contribution in [3.63, 3.8) is 0 Å². The Hall–Kier alpha value is -0.200. The van der Waals surface area contributed by atoms with Gasteiger partial charge >= 0.3 is 0 Å². The van der Waals surface area contributed by atoms with Gasteiger partial charge in [-0.25, -0.2) is 0 Å². The van der Waals surface area contributed by atoms with E-state index in [2.05, 4.69) is 20.0 Å². The van der Waals surface area contributed by atoms with E-state index < -0.39 is 0 Å². The van der Waals surface area contributed by atoms with E-state index in [-0.39, 0.29) is 0 Å². The summed E-state index contributed by atoms with van der Waals surface area (Å²) in [4.78, 5) is 7.78. The quantitative estimate of drug-likeness (QED) is 0.689. The molecule has 5 heteroatoms. The number of rotatable bonds is 4. The van der Waals surface area contributed by atoms with Gasteiger partial charge in [0.2, 0.25) is 0 Å². The highest BCUT2D eigenvalue weighted by molar-refractivity contribution is 4.90. The third-order valence-corrected chi connectivity index (χ3v) is 4.44. The molecule has 0 amide bonds. The smallest absolute Gasteiger partial charge is 0.0594 e. The second-order valence-electron chi connectivity index (χ2n) is 5.65. The van der Waals surface area contributed by atoms with Gasteiger partial charge in [0.1, 0.15) is 0 Å². The number of hydrogen-bond donors (Lipinski definition) is 1. The van der Waals surface area contributed by atoms with Crippen molar-refractivity contribution >= 4 is 0 Å². The van der Waals surface area contributed by atoms with Crippen molar-refractivity contribution in [2.24, 2.45) is 0 Å². The fourth-order valence-corrected chi connectivity index (χ4v) is 3.11. The molecule has 0 atom stereocenters. The van der Waals surface area contributed by atoms with Crippen molar-refractivity contribution in [3.05, 3.63) is 0 Å². The van der Waals surface area contributed by atoms with Gasteiger partial charge in [-0.15, -0.1) is 0 Å². The first-order valence-electron chi connectivity index (χ1n) is 7.39. The summed E-state index contributed by atoms with van der Waals surface area (Å²) in [6.07, 6.45) is 0. The summed E-state index contributed by atoms with van der Waals surface area (Å²) < 4.78 is 5.38. The highest BCUT2D eigenvalue weighted by atomic mass is 16.5. The number of piperazine rings is 1. The standard InChI is InChI=1S/C13H26N4O/c1-3-17(4-2-14-1)13-11-16(12-13)6-5-15-7-9-18-10-8-15/h13-14H,1-12H2. The summed E-state index contributed by atoms with van der Waals surface area (Å²) in [5, 5.41) is 3.42. The summed E-state index contributed by atoms with van der Waals surface area (Å²) >= 11 is 0. The minimum atomic E-state index is 0.830. The van der Waals surface area contributed by atoms with Gasteiger partial charge in [0, 0.05) is 71.5 Å². The highest BCUT2D eigenvalue weighted by Crippen LogP contribution is 2.15. The molecule has 104 valence electrons. The average Bonchev–Trinajstić information content (AvgIpc) is 2.39. The second kappa shape index (κ2) is 6.30. The van der Waals surface area contributed by atoms with Gasteiger partial charge in [-0.05, 0) is 0 Å². The maximum Gasteiger partial charge on any atom is 0.0594 e. The minimum Gasteiger partial charge on any atom is -0.379 e.